The van der Waals surface area contributed by atoms with Crippen LogP contribution in [0.25, 0.3) is 16.9 Å². The van der Waals surface area contributed by atoms with E-state index < -0.39 is 0 Å². The van der Waals surface area contributed by atoms with Crippen LogP contribution in [0.4, 0.5) is 0 Å². The Hall–Kier alpha value is -2.59. The van der Waals surface area contributed by atoms with Crippen LogP contribution in [0.3, 0.4) is 0 Å². The minimum Gasteiger partial charge on any atom is -0.411 e. The molecule has 118 valence electrons. The predicted octanol–water partition coefficient (Wildman–Crippen LogP) is 4.03. The Balaban J connectivity index is 2.15. The molecule has 4 heteroatoms. The van der Waals surface area contributed by atoms with Gasteiger partial charge >= 0.3 is 0 Å². The van der Waals surface area contributed by atoms with Crippen LogP contribution in [-0.2, 0) is 0 Å². The number of nitrogens with zero attached hydrogens (tertiary/aromatic N) is 2. The van der Waals surface area contributed by atoms with Crippen LogP contribution in [0, 0.1) is 27.7 Å². The summed E-state index contributed by atoms with van der Waals surface area (Å²) in [4.78, 5) is 5.08. The number of rotatable bonds is 3. The van der Waals surface area contributed by atoms with Gasteiger partial charge in [-0.25, -0.2) is 4.68 Å². The monoisotopic (exact) mass is 307 g/mol. The molecule has 2 N–H and O–H groups in total. The van der Waals surface area contributed by atoms with Crippen LogP contribution in [0.5, 0.6) is 5.75 Å². The first-order valence-corrected chi connectivity index (χ1v) is 7.63. The van der Waals surface area contributed by atoms with Crippen molar-refractivity contribution in [1.29, 1.82) is 0 Å². The molecular formula is C19H21N3O. The van der Waals surface area contributed by atoms with E-state index in [-0.39, 0.29) is 0 Å². The highest BCUT2D eigenvalue weighted by Gasteiger charge is 2.18. The highest BCUT2D eigenvalue weighted by molar-refractivity contribution is 5.73. The topological polar surface area (TPSA) is 53.1 Å². The predicted molar refractivity (Wildman–Crippen MR) is 92.8 cm³/mol. The molecule has 1 heterocycles. The fraction of sp³-hybridized carbons (Fsp3) is 0.211. The Morgan fingerprint density at radius 2 is 1.48 bits per heavy atom. The zero-order valence-corrected chi connectivity index (χ0v) is 13.9. The third kappa shape index (κ3) is 2.51. The molecule has 0 amide bonds. The molecule has 0 saturated heterocycles. The molecule has 1 aromatic heterocycles. The summed E-state index contributed by atoms with van der Waals surface area (Å²) in [5.74, 6) is 6.19. The summed E-state index contributed by atoms with van der Waals surface area (Å²) >= 11 is 0. The van der Waals surface area contributed by atoms with E-state index in [0.717, 1.165) is 44.9 Å². The first-order chi connectivity index (χ1) is 11.0. The summed E-state index contributed by atoms with van der Waals surface area (Å²) < 4.78 is 1.90. The Morgan fingerprint density at radius 3 is 2.04 bits per heavy atom. The van der Waals surface area contributed by atoms with Gasteiger partial charge < -0.3 is 4.84 Å². The third-order valence-electron chi connectivity index (χ3n) is 4.54. The summed E-state index contributed by atoms with van der Waals surface area (Å²) in [5.41, 5.74) is 7.55. The van der Waals surface area contributed by atoms with Crippen LogP contribution in [0.15, 0.2) is 42.6 Å². The van der Waals surface area contributed by atoms with E-state index in [1.807, 2.05) is 61.1 Å². The summed E-state index contributed by atoms with van der Waals surface area (Å²) in [6, 6.07) is 12.1. The second-order valence-electron chi connectivity index (χ2n) is 5.80. The molecule has 23 heavy (non-hydrogen) atoms. The van der Waals surface area contributed by atoms with E-state index in [4.69, 9.17) is 15.8 Å². The number of para-hydroxylation sites is 1. The molecule has 0 aliphatic rings. The Bertz CT molecular complexity index is 822. The van der Waals surface area contributed by atoms with Gasteiger partial charge in [-0.05, 0) is 68.1 Å². The van der Waals surface area contributed by atoms with E-state index >= 15 is 0 Å². The molecule has 0 bridgehead atoms. The average molecular weight is 307 g/mol. The van der Waals surface area contributed by atoms with Crippen LogP contribution >= 0.6 is 0 Å². The van der Waals surface area contributed by atoms with Crippen molar-refractivity contribution < 1.29 is 4.84 Å². The maximum atomic E-state index is 5.44. The first kappa shape index (κ1) is 15.3. The van der Waals surface area contributed by atoms with Gasteiger partial charge in [0, 0.05) is 11.8 Å². The highest BCUT2D eigenvalue weighted by Crippen LogP contribution is 2.37. The van der Waals surface area contributed by atoms with Crippen molar-refractivity contribution >= 4 is 0 Å². The molecule has 0 spiro atoms. The second kappa shape index (κ2) is 5.89. The summed E-state index contributed by atoms with van der Waals surface area (Å²) in [5, 5.41) is 4.75. The standard InChI is InChI=1S/C19H21N3O/c1-12-14(3)19(23-20)15(4)13(2)18(12)17-10-11-22(21-17)16-8-6-5-7-9-16/h5-11H,20H2,1-4H3. The lowest BCUT2D eigenvalue weighted by molar-refractivity contribution is 0.329. The van der Waals surface area contributed by atoms with Crippen molar-refractivity contribution in [2.75, 3.05) is 0 Å². The lowest BCUT2D eigenvalue weighted by Crippen LogP contribution is -2.08. The van der Waals surface area contributed by atoms with Crippen LogP contribution < -0.4 is 10.7 Å². The lowest BCUT2D eigenvalue weighted by Gasteiger charge is -2.17. The number of hydrogen-bond donors (Lipinski definition) is 1. The smallest absolute Gasteiger partial charge is 0.153 e. The van der Waals surface area contributed by atoms with Gasteiger partial charge in [0.25, 0.3) is 0 Å². The van der Waals surface area contributed by atoms with Gasteiger partial charge in [-0.1, -0.05) is 18.2 Å². The fourth-order valence-corrected chi connectivity index (χ4v) is 3.02. The SMILES string of the molecule is Cc1c(C)c(-c2ccn(-c3ccccc3)n2)c(C)c(C)c1ON. The van der Waals surface area contributed by atoms with Gasteiger partial charge in [0.1, 0.15) is 0 Å². The molecule has 3 rings (SSSR count). The van der Waals surface area contributed by atoms with Crippen molar-refractivity contribution in [3.63, 3.8) is 0 Å². The number of nitrogens with two attached hydrogens (primary N) is 1. The van der Waals surface area contributed by atoms with Crippen LogP contribution in [0.1, 0.15) is 22.3 Å². The molecular weight excluding hydrogens is 286 g/mol. The Morgan fingerprint density at radius 1 is 0.870 bits per heavy atom. The van der Waals surface area contributed by atoms with Gasteiger partial charge in [0.2, 0.25) is 0 Å². The zero-order valence-electron chi connectivity index (χ0n) is 13.9. The largest absolute Gasteiger partial charge is 0.411 e. The molecule has 2 aromatic carbocycles. The fourth-order valence-electron chi connectivity index (χ4n) is 3.02. The van der Waals surface area contributed by atoms with Gasteiger partial charge in [0.15, 0.2) is 5.75 Å². The average Bonchev–Trinajstić information content (AvgIpc) is 3.04. The maximum absolute atomic E-state index is 5.44. The molecule has 0 radical (unpaired) electrons. The lowest BCUT2D eigenvalue weighted by atomic mass is 9.91. The molecule has 0 fully saturated rings. The van der Waals surface area contributed by atoms with Crippen molar-refractivity contribution in [2.45, 2.75) is 27.7 Å². The van der Waals surface area contributed by atoms with E-state index in [0.29, 0.717) is 0 Å². The molecule has 3 aromatic rings. The molecule has 4 nitrogen and oxygen atoms in total. The van der Waals surface area contributed by atoms with E-state index in [1.54, 1.807) is 0 Å². The van der Waals surface area contributed by atoms with Gasteiger partial charge in [-0.3, -0.25) is 0 Å². The zero-order chi connectivity index (χ0) is 16.6. The van der Waals surface area contributed by atoms with E-state index in [9.17, 15) is 0 Å². The van der Waals surface area contributed by atoms with Crippen LogP contribution in [0.2, 0.25) is 0 Å². The summed E-state index contributed by atoms with van der Waals surface area (Å²) in [6.07, 6.45) is 1.99. The van der Waals surface area contributed by atoms with E-state index in [1.165, 1.54) is 0 Å². The number of aromatic nitrogens is 2. The van der Waals surface area contributed by atoms with Crippen molar-refractivity contribution in [3.8, 4) is 22.7 Å². The number of benzene rings is 2. The van der Waals surface area contributed by atoms with Crippen molar-refractivity contribution in [1.82, 2.24) is 9.78 Å². The van der Waals surface area contributed by atoms with Gasteiger partial charge in [0.05, 0.1) is 11.4 Å². The highest BCUT2D eigenvalue weighted by atomic mass is 16.6. The number of hydrogen-bond acceptors (Lipinski definition) is 3. The minimum atomic E-state index is 0.756. The Labute approximate surface area is 136 Å². The Kier molecular flexibility index (Phi) is 3.92. The third-order valence-corrected chi connectivity index (χ3v) is 4.54. The molecule has 0 unspecified atom stereocenters. The molecule has 0 atom stereocenters. The van der Waals surface area contributed by atoms with Gasteiger partial charge in [-0.15, -0.1) is 0 Å². The maximum Gasteiger partial charge on any atom is 0.153 e. The van der Waals surface area contributed by atoms with E-state index in [2.05, 4.69) is 13.8 Å². The minimum absolute atomic E-state index is 0.756. The molecule has 0 aliphatic carbocycles. The molecule has 0 saturated carbocycles. The van der Waals surface area contributed by atoms with Crippen molar-refractivity contribution in [2.24, 2.45) is 5.90 Å². The van der Waals surface area contributed by atoms with Crippen molar-refractivity contribution in [3.05, 3.63) is 64.8 Å². The van der Waals surface area contributed by atoms with Crippen LogP contribution in [-0.4, -0.2) is 9.78 Å². The summed E-state index contributed by atoms with van der Waals surface area (Å²) in [6.45, 7) is 8.23. The quantitative estimate of drug-likeness (QED) is 0.743. The summed E-state index contributed by atoms with van der Waals surface area (Å²) in [7, 11) is 0. The second-order valence-corrected chi connectivity index (χ2v) is 5.80. The normalized spacial score (nSPS) is 10.8. The molecule has 0 aliphatic heterocycles. The first-order valence-electron chi connectivity index (χ1n) is 7.63. The van der Waals surface area contributed by atoms with Gasteiger partial charge in [-0.2, -0.15) is 11.0 Å².